The van der Waals surface area contributed by atoms with E-state index < -0.39 is 6.04 Å². The van der Waals surface area contributed by atoms with Crippen LogP contribution < -0.4 is 15.4 Å². The zero-order chi connectivity index (χ0) is 24.4. The number of imide groups is 1. The number of ether oxygens (including phenoxy) is 2. The third-order valence-electron chi connectivity index (χ3n) is 8.28. The SMILES string of the molecule is COC1CCC(CNC2CCCCC2Oc2ccc3c(c2)CN(C2CCC(=O)NC2=O)C3=O)CC1. The van der Waals surface area contributed by atoms with Crippen LogP contribution in [0.3, 0.4) is 0 Å². The Morgan fingerprint density at radius 3 is 2.60 bits per heavy atom. The second kappa shape index (κ2) is 10.7. The highest BCUT2D eigenvalue weighted by Gasteiger charge is 2.39. The number of methoxy groups -OCH3 is 1. The van der Waals surface area contributed by atoms with Crippen molar-refractivity contribution in [1.82, 2.24) is 15.5 Å². The van der Waals surface area contributed by atoms with E-state index in [0.717, 1.165) is 50.0 Å². The lowest BCUT2D eigenvalue weighted by molar-refractivity contribution is -0.136. The molecule has 2 aliphatic heterocycles. The van der Waals surface area contributed by atoms with Crippen LogP contribution in [0.15, 0.2) is 18.2 Å². The number of carbonyl (C=O) groups is 3. The average Bonchev–Trinajstić information content (AvgIpc) is 3.19. The molecule has 4 aliphatic rings. The molecule has 0 spiro atoms. The maximum atomic E-state index is 13.0. The zero-order valence-corrected chi connectivity index (χ0v) is 20.6. The van der Waals surface area contributed by atoms with Gasteiger partial charge < -0.3 is 19.7 Å². The highest BCUT2D eigenvalue weighted by molar-refractivity contribution is 6.05. The van der Waals surface area contributed by atoms with Crippen LogP contribution in [0.1, 0.15) is 80.1 Å². The molecule has 3 fully saturated rings. The highest BCUT2D eigenvalue weighted by atomic mass is 16.5. The molecule has 0 radical (unpaired) electrons. The lowest BCUT2D eigenvalue weighted by Gasteiger charge is -2.35. The summed E-state index contributed by atoms with van der Waals surface area (Å²) < 4.78 is 12.0. The van der Waals surface area contributed by atoms with Gasteiger partial charge in [0.1, 0.15) is 17.9 Å². The summed E-state index contributed by atoms with van der Waals surface area (Å²) in [6, 6.07) is 5.39. The Balaban J connectivity index is 1.19. The van der Waals surface area contributed by atoms with Gasteiger partial charge in [0.25, 0.3) is 5.91 Å². The fourth-order valence-corrected chi connectivity index (χ4v) is 6.16. The number of nitrogens with one attached hydrogen (secondary N) is 2. The summed E-state index contributed by atoms with van der Waals surface area (Å²) in [5.41, 5.74) is 1.50. The summed E-state index contributed by atoms with van der Waals surface area (Å²) in [6.45, 7) is 1.40. The molecule has 3 unspecified atom stereocenters. The lowest BCUT2D eigenvalue weighted by atomic mass is 9.86. The fourth-order valence-electron chi connectivity index (χ4n) is 6.16. The molecule has 8 heteroatoms. The van der Waals surface area contributed by atoms with Crippen LogP contribution in [0.25, 0.3) is 0 Å². The minimum absolute atomic E-state index is 0.112. The van der Waals surface area contributed by atoms with Crippen LogP contribution in [-0.4, -0.2) is 60.6 Å². The van der Waals surface area contributed by atoms with Gasteiger partial charge in [-0.25, -0.2) is 0 Å². The number of rotatable bonds is 7. The maximum absolute atomic E-state index is 13.0. The molecule has 2 heterocycles. The van der Waals surface area contributed by atoms with Gasteiger partial charge in [0.2, 0.25) is 11.8 Å². The Kier molecular flexibility index (Phi) is 7.39. The van der Waals surface area contributed by atoms with Crippen LogP contribution in [0, 0.1) is 5.92 Å². The number of hydrogen-bond donors (Lipinski definition) is 2. The van der Waals surface area contributed by atoms with E-state index in [9.17, 15) is 14.4 Å². The number of nitrogens with zero attached hydrogens (tertiary/aromatic N) is 1. The molecule has 0 bridgehead atoms. The van der Waals surface area contributed by atoms with E-state index in [1.807, 2.05) is 25.3 Å². The first-order valence-electron chi connectivity index (χ1n) is 13.2. The van der Waals surface area contributed by atoms with Gasteiger partial charge in [0.15, 0.2) is 0 Å². The van der Waals surface area contributed by atoms with E-state index in [4.69, 9.17) is 9.47 Å². The van der Waals surface area contributed by atoms with Gasteiger partial charge in [-0.05, 0) is 87.6 Å². The molecule has 35 heavy (non-hydrogen) atoms. The minimum atomic E-state index is -0.595. The van der Waals surface area contributed by atoms with Crippen molar-refractivity contribution in [3.05, 3.63) is 29.3 Å². The van der Waals surface area contributed by atoms with Crippen LogP contribution in [0.2, 0.25) is 0 Å². The van der Waals surface area contributed by atoms with Crippen molar-refractivity contribution in [1.29, 1.82) is 0 Å². The second-order valence-electron chi connectivity index (χ2n) is 10.6. The molecule has 3 amide bonds. The minimum Gasteiger partial charge on any atom is -0.489 e. The Bertz CT molecular complexity index is 958. The van der Waals surface area contributed by atoms with Crippen LogP contribution in [0.4, 0.5) is 0 Å². The second-order valence-corrected chi connectivity index (χ2v) is 10.6. The van der Waals surface area contributed by atoms with E-state index >= 15 is 0 Å². The zero-order valence-electron chi connectivity index (χ0n) is 20.6. The van der Waals surface area contributed by atoms with E-state index in [0.29, 0.717) is 36.6 Å². The molecule has 0 aromatic heterocycles. The number of benzene rings is 1. The predicted molar refractivity (Wildman–Crippen MR) is 130 cm³/mol. The summed E-state index contributed by atoms with van der Waals surface area (Å²) in [5, 5.41) is 6.17. The molecule has 5 rings (SSSR count). The number of carbonyl (C=O) groups excluding carboxylic acids is 3. The Hall–Kier alpha value is -2.45. The fraction of sp³-hybridized carbons (Fsp3) is 0.667. The molecule has 1 aromatic carbocycles. The molecule has 190 valence electrons. The third-order valence-corrected chi connectivity index (χ3v) is 8.28. The first kappa shape index (κ1) is 24.3. The van der Waals surface area contributed by atoms with Gasteiger partial charge in [0, 0.05) is 31.7 Å². The molecule has 8 nitrogen and oxygen atoms in total. The van der Waals surface area contributed by atoms with Gasteiger partial charge in [-0.1, -0.05) is 6.42 Å². The standard InChI is InChI=1S/C27H37N3O5/c1-34-19-8-6-17(7-9-19)15-28-22-4-2-3-5-24(22)35-20-10-11-21-18(14-20)16-30(27(21)33)23-12-13-25(31)29-26(23)32/h10-11,14,17,19,22-24,28H,2-9,12-13,15-16H2,1H3,(H,29,31,32). The van der Waals surface area contributed by atoms with Crippen molar-refractivity contribution in [2.24, 2.45) is 5.92 Å². The van der Waals surface area contributed by atoms with Crippen molar-refractivity contribution in [2.45, 2.75) is 95.0 Å². The number of fused-ring (bicyclic) bond motifs is 1. The van der Waals surface area contributed by atoms with E-state index in [1.165, 1.54) is 19.3 Å². The molecular weight excluding hydrogens is 446 g/mol. The first-order chi connectivity index (χ1) is 17.0. The molecule has 1 saturated heterocycles. The van der Waals surface area contributed by atoms with Crippen LogP contribution >= 0.6 is 0 Å². The van der Waals surface area contributed by atoms with E-state index in [1.54, 1.807) is 4.90 Å². The largest absolute Gasteiger partial charge is 0.489 e. The quantitative estimate of drug-likeness (QED) is 0.579. The number of amides is 3. The molecule has 2 aliphatic carbocycles. The first-order valence-corrected chi connectivity index (χ1v) is 13.2. The van der Waals surface area contributed by atoms with Crippen molar-refractivity contribution < 1.29 is 23.9 Å². The highest BCUT2D eigenvalue weighted by Crippen LogP contribution is 2.32. The van der Waals surface area contributed by atoms with Crippen molar-refractivity contribution in [3.63, 3.8) is 0 Å². The van der Waals surface area contributed by atoms with Gasteiger partial charge in [0.05, 0.1) is 6.10 Å². The van der Waals surface area contributed by atoms with Crippen LogP contribution in [0.5, 0.6) is 5.75 Å². The van der Waals surface area contributed by atoms with E-state index in [-0.39, 0.29) is 30.2 Å². The van der Waals surface area contributed by atoms with Crippen molar-refractivity contribution in [2.75, 3.05) is 13.7 Å². The topological polar surface area (TPSA) is 97.0 Å². The maximum Gasteiger partial charge on any atom is 0.255 e. The average molecular weight is 484 g/mol. The lowest BCUT2D eigenvalue weighted by Crippen LogP contribution is -2.52. The summed E-state index contributed by atoms with van der Waals surface area (Å²) >= 11 is 0. The molecule has 2 saturated carbocycles. The summed E-state index contributed by atoms with van der Waals surface area (Å²) in [4.78, 5) is 38.3. The monoisotopic (exact) mass is 483 g/mol. The van der Waals surface area contributed by atoms with Crippen molar-refractivity contribution >= 4 is 17.7 Å². The molecule has 1 aromatic rings. The third kappa shape index (κ3) is 5.38. The van der Waals surface area contributed by atoms with Gasteiger partial charge in [-0.3, -0.25) is 19.7 Å². The van der Waals surface area contributed by atoms with E-state index in [2.05, 4.69) is 10.6 Å². The number of hydrogen-bond acceptors (Lipinski definition) is 6. The van der Waals surface area contributed by atoms with Gasteiger partial charge >= 0.3 is 0 Å². The predicted octanol–water partition coefficient (Wildman–Crippen LogP) is 2.93. The normalized spacial score (nSPS) is 31.3. The summed E-state index contributed by atoms with van der Waals surface area (Å²) in [7, 11) is 1.81. The molecule has 3 atom stereocenters. The smallest absolute Gasteiger partial charge is 0.255 e. The van der Waals surface area contributed by atoms with Gasteiger partial charge in [-0.15, -0.1) is 0 Å². The number of piperidine rings is 1. The summed E-state index contributed by atoms with van der Waals surface area (Å²) in [6.07, 6.45) is 10.4. The van der Waals surface area contributed by atoms with Crippen LogP contribution in [-0.2, 0) is 20.9 Å². The van der Waals surface area contributed by atoms with Crippen molar-refractivity contribution in [3.8, 4) is 5.75 Å². The molecule has 2 N–H and O–H groups in total. The summed E-state index contributed by atoms with van der Waals surface area (Å²) in [5.74, 6) is 0.672. The Labute approximate surface area is 207 Å². The Morgan fingerprint density at radius 2 is 1.83 bits per heavy atom. The molecular formula is C27H37N3O5. The van der Waals surface area contributed by atoms with Gasteiger partial charge in [-0.2, -0.15) is 0 Å². The Morgan fingerprint density at radius 1 is 1.03 bits per heavy atom.